The van der Waals surface area contributed by atoms with Crippen LogP contribution in [0.25, 0.3) is 15.9 Å². The van der Waals surface area contributed by atoms with Gasteiger partial charge in [0, 0.05) is 31.0 Å². The Morgan fingerprint density at radius 1 is 1.31 bits per heavy atom. The molecular weight excluding hydrogens is 324 g/mol. The van der Waals surface area contributed by atoms with Gasteiger partial charge in [-0.2, -0.15) is 0 Å². The van der Waals surface area contributed by atoms with Crippen molar-refractivity contribution in [2.45, 2.75) is 12.5 Å². The van der Waals surface area contributed by atoms with Gasteiger partial charge in [-0.3, -0.25) is 0 Å². The van der Waals surface area contributed by atoms with E-state index in [1.165, 1.54) is 0 Å². The van der Waals surface area contributed by atoms with Crippen LogP contribution in [0.5, 0.6) is 0 Å². The lowest BCUT2D eigenvalue weighted by Gasteiger charge is -2.29. The SMILES string of the molecule is [C-]#[N+]c1ccc(N(CC#C)[C@@H]2CCN(c3ncnc4[nH]ccc34)C2)cc1. The van der Waals surface area contributed by atoms with E-state index >= 15 is 0 Å². The molecule has 0 aliphatic carbocycles. The quantitative estimate of drug-likeness (QED) is 0.584. The Kier molecular flexibility index (Phi) is 4.17. The number of anilines is 2. The van der Waals surface area contributed by atoms with Crippen molar-refractivity contribution in [2.75, 3.05) is 29.4 Å². The molecule has 6 nitrogen and oxygen atoms in total. The minimum Gasteiger partial charge on any atom is -0.356 e. The molecule has 1 aliphatic heterocycles. The Morgan fingerprint density at radius 2 is 2.15 bits per heavy atom. The third kappa shape index (κ3) is 2.82. The van der Waals surface area contributed by atoms with Crippen molar-refractivity contribution >= 4 is 28.2 Å². The van der Waals surface area contributed by atoms with Gasteiger partial charge in [0.2, 0.25) is 0 Å². The van der Waals surface area contributed by atoms with Gasteiger partial charge < -0.3 is 14.8 Å². The summed E-state index contributed by atoms with van der Waals surface area (Å²) in [5.41, 5.74) is 2.55. The van der Waals surface area contributed by atoms with Gasteiger partial charge in [-0.15, -0.1) is 6.42 Å². The standard InChI is InChI=1S/C20H18N6/c1-3-11-26(16-6-4-15(21-2)5-7-16)17-9-12-25(13-17)20-18-8-10-22-19(18)23-14-24-20/h1,4-8,10,14,17H,9,11-13H2,(H,22,23,24)/t17-/m1/s1. The number of fused-ring (bicyclic) bond motifs is 1. The molecule has 2 aromatic heterocycles. The number of aromatic amines is 1. The molecule has 0 saturated carbocycles. The van der Waals surface area contributed by atoms with E-state index in [0.29, 0.717) is 18.3 Å². The zero-order chi connectivity index (χ0) is 17.9. The van der Waals surface area contributed by atoms with Crippen LogP contribution in [0.3, 0.4) is 0 Å². The highest BCUT2D eigenvalue weighted by molar-refractivity contribution is 5.87. The van der Waals surface area contributed by atoms with Gasteiger partial charge >= 0.3 is 0 Å². The molecular formula is C20H18N6. The van der Waals surface area contributed by atoms with Crippen molar-refractivity contribution in [3.8, 4) is 12.3 Å². The van der Waals surface area contributed by atoms with Crippen molar-refractivity contribution < 1.29 is 0 Å². The van der Waals surface area contributed by atoms with E-state index in [1.807, 2.05) is 36.5 Å². The second-order valence-corrected chi connectivity index (χ2v) is 6.29. The van der Waals surface area contributed by atoms with Gasteiger partial charge in [0.1, 0.15) is 17.8 Å². The van der Waals surface area contributed by atoms with Crippen LogP contribution in [0.1, 0.15) is 6.42 Å². The van der Waals surface area contributed by atoms with E-state index < -0.39 is 0 Å². The van der Waals surface area contributed by atoms with Crippen LogP contribution in [0.2, 0.25) is 0 Å². The number of aromatic nitrogens is 3. The maximum atomic E-state index is 7.10. The predicted molar refractivity (Wildman–Crippen MR) is 103 cm³/mol. The molecule has 1 aromatic carbocycles. The van der Waals surface area contributed by atoms with E-state index in [0.717, 1.165) is 42.0 Å². The molecule has 4 rings (SSSR count). The number of nitrogens with zero attached hydrogens (tertiary/aromatic N) is 5. The first-order chi connectivity index (χ1) is 12.8. The molecule has 0 unspecified atom stereocenters. The topological polar surface area (TPSA) is 52.4 Å². The van der Waals surface area contributed by atoms with E-state index in [-0.39, 0.29) is 0 Å². The summed E-state index contributed by atoms with van der Waals surface area (Å²) >= 11 is 0. The lowest BCUT2D eigenvalue weighted by Crippen LogP contribution is -2.38. The van der Waals surface area contributed by atoms with Crippen LogP contribution in [0.4, 0.5) is 17.2 Å². The molecule has 26 heavy (non-hydrogen) atoms. The first-order valence-corrected chi connectivity index (χ1v) is 8.51. The maximum absolute atomic E-state index is 7.10. The Bertz CT molecular complexity index is 992. The van der Waals surface area contributed by atoms with E-state index in [4.69, 9.17) is 13.0 Å². The lowest BCUT2D eigenvalue weighted by molar-refractivity contribution is 0.672. The summed E-state index contributed by atoms with van der Waals surface area (Å²) < 4.78 is 0. The Hall–Kier alpha value is -3.51. The predicted octanol–water partition coefficient (Wildman–Crippen LogP) is 3.23. The van der Waals surface area contributed by atoms with Gasteiger partial charge in [0.15, 0.2) is 5.69 Å². The average molecular weight is 342 g/mol. The molecule has 0 amide bonds. The first-order valence-electron chi connectivity index (χ1n) is 8.51. The van der Waals surface area contributed by atoms with Gasteiger partial charge in [-0.05, 0) is 24.6 Å². The highest BCUT2D eigenvalue weighted by atomic mass is 15.3. The fraction of sp³-hybridized carbons (Fsp3) is 0.250. The van der Waals surface area contributed by atoms with E-state index in [1.54, 1.807) is 6.33 Å². The molecule has 1 atom stereocenters. The van der Waals surface area contributed by atoms with Crippen molar-refractivity contribution in [2.24, 2.45) is 0 Å². The average Bonchev–Trinajstić information content (AvgIpc) is 3.35. The van der Waals surface area contributed by atoms with Crippen molar-refractivity contribution in [3.05, 3.63) is 54.3 Å². The maximum Gasteiger partial charge on any atom is 0.187 e. The summed E-state index contributed by atoms with van der Waals surface area (Å²) in [5, 5.41) is 1.04. The first kappa shape index (κ1) is 16.0. The van der Waals surface area contributed by atoms with Gasteiger partial charge in [-0.25, -0.2) is 14.8 Å². The van der Waals surface area contributed by atoms with Gasteiger partial charge in [0.25, 0.3) is 0 Å². The molecule has 1 N–H and O–H groups in total. The molecule has 0 bridgehead atoms. The summed E-state index contributed by atoms with van der Waals surface area (Å²) in [6, 6.07) is 9.94. The Morgan fingerprint density at radius 3 is 2.92 bits per heavy atom. The zero-order valence-electron chi connectivity index (χ0n) is 14.3. The summed E-state index contributed by atoms with van der Waals surface area (Å²) in [6.07, 6.45) is 10.1. The third-order valence-electron chi connectivity index (χ3n) is 4.81. The number of benzene rings is 1. The molecule has 1 fully saturated rings. The molecule has 128 valence electrons. The molecule has 1 saturated heterocycles. The van der Waals surface area contributed by atoms with Crippen LogP contribution in [-0.4, -0.2) is 40.6 Å². The number of rotatable bonds is 4. The normalized spacial score (nSPS) is 16.4. The van der Waals surface area contributed by atoms with Gasteiger partial charge in [0.05, 0.1) is 18.5 Å². The summed E-state index contributed by atoms with van der Waals surface area (Å²) in [4.78, 5) is 19.9. The van der Waals surface area contributed by atoms with Crippen molar-refractivity contribution in [1.29, 1.82) is 0 Å². The third-order valence-corrected chi connectivity index (χ3v) is 4.81. The monoisotopic (exact) mass is 342 g/mol. The fourth-order valence-corrected chi connectivity index (χ4v) is 3.55. The summed E-state index contributed by atoms with van der Waals surface area (Å²) in [7, 11) is 0. The summed E-state index contributed by atoms with van der Waals surface area (Å²) in [5.74, 6) is 3.73. The lowest BCUT2D eigenvalue weighted by atomic mass is 10.1. The second kappa shape index (κ2) is 6.78. The van der Waals surface area contributed by atoms with Crippen LogP contribution in [0.15, 0.2) is 42.9 Å². The Labute approximate surface area is 152 Å². The number of nitrogens with one attached hydrogen (secondary N) is 1. The molecule has 1 aliphatic rings. The fourth-order valence-electron chi connectivity index (χ4n) is 3.55. The van der Waals surface area contributed by atoms with Gasteiger partial charge in [-0.1, -0.05) is 18.1 Å². The minimum atomic E-state index is 0.300. The van der Waals surface area contributed by atoms with Crippen LogP contribution < -0.4 is 9.80 Å². The smallest absolute Gasteiger partial charge is 0.187 e. The molecule has 3 heterocycles. The van der Waals surface area contributed by atoms with Crippen LogP contribution in [-0.2, 0) is 0 Å². The summed E-state index contributed by atoms with van der Waals surface area (Å²) in [6.45, 7) is 9.41. The highest BCUT2D eigenvalue weighted by Gasteiger charge is 2.29. The molecule has 0 spiro atoms. The Balaban J connectivity index is 1.58. The van der Waals surface area contributed by atoms with E-state index in [2.05, 4.69) is 35.5 Å². The highest BCUT2D eigenvalue weighted by Crippen LogP contribution is 2.29. The van der Waals surface area contributed by atoms with Crippen molar-refractivity contribution in [1.82, 2.24) is 15.0 Å². The number of hydrogen-bond acceptors (Lipinski definition) is 4. The van der Waals surface area contributed by atoms with Crippen molar-refractivity contribution in [3.63, 3.8) is 0 Å². The zero-order valence-corrected chi connectivity index (χ0v) is 14.3. The number of H-pyrrole nitrogens is 1. The number of hydrogen-bond donors (Lipinski definition) is 1. The molecule has 0 radical (unpaired) electrons. The largest absolute Gasteiger partial charge is 0.356 e. The molecule has 3 aromatic rings. The number of terminal acetylenes is 1. The van der Waals surface area contributed by atoms with Crippen LogP contribution in [0, 0.1) is 18.9 Å². The second-order valence-electron chi connectivity index (χ2n) is 6.29. The minimum absolute atomic E-state index is 0.300. The van der Waals surface area contributed by atoms with Crippen LogP contribution >= 0.6 is 0 Å². The molecule has 6 heteroatoms. The van der Waals surface area contributed by atoms with E-state index in [9.17, 15) is 0 Å².